The van der Waals surface area contributed by atoms with E-state index in [1.165, 1.54) is 12.8 Å². The van der Waals surface area contributed by atoms with Crippen molar-refractivity contribution >= 4 is 11.7 Å². The molecule has 3 saturated heterocycles. The van der Waals surface area contributed by atoms with Gasteiger partial charge in [-0.15, -0.1) is 0 Å². The highest BCUT2D eigenvalue weighted by Gasteiger charge is 2.37. The molecule has 0 saturated carbocycles. The fraction of sp³-hybridized carbons (Fsp3) is 0.684. The van der Waals surface area contributed by atoms with Crippen molar-refractivity contribution in [2.45, 2.75) is 37.8 Å². The van der Waals surface area contributed by atoms with Crippen LogP contribution in [-0.4, -0.2) is 78.6 Å². The Morgan fingerprint density at radius 1 is 1.12 bits per heavy atom. The number of carbonyl (C=O) groups excluding carboxylic acids is 1. The first-order valence-corrected chi connectivity index (χ1v) is 9.71. The Bertz CT molecular complexity index is 558. The third-order valence-electron chi connectivity index (χ3n) is 5.93. The van der Waals surface area contributed by atoms with E-state index in [-0.39, 0.29) is 0 Å². The molecule has 3 aliphatic heterocycles. The minimum absolute atomic E-state index is 0.364. The van der Waals surface area contributed by atoms with E-state index >= 15 is 0 Å². The summed E-state index contributed by atoms with van der Waals surface area (Å²) in [6.45, 7) is 6.92. The molecule has 2 bridgehead atoms. The lowest BCUT2D eigenvalue weighted by molar-refractivity contribution is -0.134. The summed E-state index contributed by atoms with van der Waals surface area (Å²) >= 11 is 0. The molecular formula is C19H29N5O. The Morgan fingerprint density at radius 2 is 1.96 bits per heavy atom. The molecule has 4 rings (SSSR count). The number of pyridine rings is 1. The van der Waals surface area contributed by atoms with Crippen LogP contribution < -0.4 is 10.2 Å². The summed E-state index contributed by atoms with van der Waals surface area (Å²) < 4.78 is 0. The van der Waals surface area contributed by atoms with Crippen molar-refractivity contribution in [1.82, 2.24) is 20.1 Å². The van der Waals surface area contributed by atoms with Crippen LogP contribution in [-0.2, 0) is 4.79 Å². The molecule has 4 heterocycles. The van der Waals surface area contributed by atoms with Crippen molar-refractivity contribution < 1.29 is 4.79 Å². The van der Waals surface area contributed by atoms with Gasteiger partial charge in [0.1, 0.15) is 5.82 Å². The van der Waals surface area contributed by atoms with Crippen LogP contribution in [0.15, 0.2) is 24.4 Å². The highest BCUT2D eigenvalue weighted by molar-refractivity contribution is 5.77. The smallest absolute Gasteiger partial charge is 0.224 e. The van der Waals surface area contributed by atoms with Gasteiger partial charge >= 0.3 is 0 Å². The number of carbonyl (C=O) groups is 1. The first-order valence-electron chi connectivity index (χ1n) is 9.71. The maximum Gasteiger partial charge on any atom is 0.224 e. The monoisotopic (exact) mass is 343 g/mol. The van der Waals surface area contributed by atoms with Crippen molar-refractivity contribution in [3.05, 3.63) is 24.4 Å². The number of nitrogens with one attached hydrogen (secondary N) is 1. The summed E-state index contributed by atoms with van der Waals surface area (Å²) in [6.07, 6.45) is 6.00. The van der Waals surface area contributed by atoms with Crippen LogP contribution in [0.25, 0.3) is 0 Å². The normalized spacial score (nSPS) is 27.4. The molecule has 136 valence electrons. The molecule has 1 aromatic heterocycles. The maximum absolute atomic E-state index is 12.8. The number of hydrogen-bond donors (Lipinski definition) is 1. The number of nitrogens with zero attached hydrogens (tertiary/aromatic N) is 4. The molecule has 2 unspecified atom stereocenters. The summed E-state index contributed by atoms with van der Waals surface area (Å²) in [5, 5.41) is 3.47. The first kappa shape index (κ1) is 16.8. The lowest BCUT2D eigenvalue weighted by atomic mass is 10.1. The minimum Gasteiger partial charge on any atom is -0.354 e. The molecule has 3 aliphatic rings. The van der Waals surface area contributed by atoms with Gasteiger partial charge in [-0.1, -0.05) is 6.07 Å². The van der Waals surface area contributed by atoms with E-state index in [4.69, 9.17) is 0 Å². The van der Waals surface area contributed by atoms with Crippen LogP contribution in [0.2, 0.25) is 0 Å². The average Bonchev–Trinajstić information content (AvgIpc) is 2.93. The van der Waals surface area contributed by atoms with E-state index in [0.29, 0.717) is 24.4 Å². The van der Waals surface area contributed by atoms with Crippen LogP contribution in [0.5, 0.6) is 0 Å². The van der Waals surface area contributed by atoms with Gasteiger partial charge in [0.2, 0.25) is 5.91 Å². The Balaban J connectivity index is 1.25. The summed E-state index contributed by atoms with van der Waals surface area (Å²) in [7, 11) is 0. The van der Waals surface area contributed by atoms with Crippen molar-refractivity contribution in [3.8, 4) is 0 Å². The third-order valence-corrected chi connectivity index (χ3v) is 5.93. The lowest BCUT2D eigenvalue weighted by Gasteiger charge is -2.36. The zero-order valence-electron chi connectivity index (χ0n) is 14.9. The fourth-order valence-electron chi connectivity index (χ4n) is 4.51. The van der Waals surface area contributed by atoms with E-state index < -0.39 is 0 Å². The number of rotatable bonds is 4. The summed E-state index contributed by atoms with van der Waals surface area (Å²) in [5.74, 6) is 1.43. The van der Waals surface area contributed by atoms with Gasteiger partial charge in [-0.2, -0.15) is 0 Å². The van der Waals surface area contributed by atoms with Crippen molar-refractivity contribution in [1.29, 1.82) is 0 Å². The minimum atomic E-state index is 0.364. The largest absolute Gasteiger partial charge is 0.354 e. The van der Waals surface area contributed by atoms with Gasteiger partial charge < -0.3 is 15.1 Å². The molecule has 6 heteroatoms. The highest BCUT2D eigenvalue weighted by atomic mass is 16.2. The number of aromatic nitrogens is 1. The van der Waals surface area contributed by atoms with Gasteiger partial charge in [0.05, 0.1) is 0 Å². The Morgan fingerprint density at radius 3 is 2.76 bits per heavy atom. The van der Waals surface area contributed by atoms with Crippen LogP contribution in [0.1, 0.15) is 25.7 Å². The molecule has 1 aromatic rings. The SMILES string of the molecule is O=C(CCN1CCN(c2ccccn2)CC1)N1C2CCNCC1CC2. The maximum atomic E-state index is 12.8. The number of fused-ring (bicyclic) bond motifs is 2. The Labute approximate surface area is 150 Å². The number of hydrogen-bond acceptors (Lipinski definition) is 5. The van der Waals surface area contributed by atoms with E-state index in [1.54, 1.807) is 0 Å². The fourth-order valence-corrected chi connectivity index (χ4v) is 4.51. The van der Waals surface area contributed by atoms with Gasteiger partial charge in [-0.3, -0.25) is 9.69 Å². The van der Waals surface area contributed by atoms with Gasteiger partial charge in [0, 0.05) is 64.0 Å². The van der Waals surface area contributed by atoms with Gasteiger partial charge in [0.25, 0.3) is 0 Å². The van der Waals surface area contributed by atoms with Crippen LogP contribution in [0.4, 0.5) is 5.82 Å². The summed E-state index contributed by atoms with van der Waals surface area (Å²) in [4.78, 5) is 24.2. The number of amides is 1. The molecule has 3 fully saturated rings. The van der Waals surface area contributed by atoms with Gasteiger partial charge in [-0.25, -0.2) is 4.98 Å². The lowest BCUT2D eigenvalue weighted by Crippen LogP contribution is -2.48. The predicted molar refractivity (Wildman–Crippen MR) is 98.6 cm³/mol. The summed E-state index contributed by atoms with van der Waals surface area (Å²) in [6, 6.07) is 6.98. The zero-order valence-corrected chi connectivity index (χ0v) is 14.9. The molecule has 6 nitrogen and oxygen atoms in total. The van der Waals surface area contributed by atoms with E-state index in [1.807, 2.05) is 18.3 Å². The Kier molecular flexibility index (Phi) is 5.17. The van der Waals surface area contributed by atoms with E-state index in [2.05, 4.69) is 31.1 Å². The van der Waals surface area contributed by atoms with Gasteiger partial charge in [-0.05, 0) is 37.9 Å². The third kappa shape index (κ3) is 3.80. The topological polar surface area (TPSA) is 51.7 Å². The molecule has 1 N–H and O–H groups in total. The molecule has 0 aliphatic carbocycles. The van der Waals surface area contributed by atoms with Crippen molar-refractivity contribution in [2.75, 3.05) is 50.7 Å². The number of anilines is 1. The van der Waals surface area contributed by atoms with E-state index in [0.717, 1.165) is 58.1 Å². The van der Waals surface area contributed by atoms with Crippen LogP contribution in [0, 0.1) is 0 Å². The molecule has 0 aromatic carbocycles. The molecular weight excluding hydrogens is 314 g/mol. The standard InChI is InChI=1S/C19H29N5O/c25-19(24-16-4-5-17(24)15-20-9-6-16)7-10-22-11-13-23(14-12-22)18-3-1-2-8-21-18/h1-3,8,16-17,20H,4-7,9-15H2. The molecule has 25 heavy (non-hydrogen) atoms. The second-order valence-electron chi connectivity index (χ2n) is 7.45. The second-order valence-corrected chi connectivity index (χ2v) is 7.45. The first-order chi connectivity index (χ1) is 12.3. The second kappa shape index (κ2) is 7.70. The number of piperazine rings is 1. The van der Waals surface area contributed by atoms with Gasteiger partial charge in [0.15, 0.2) is 0 Å². The molecule has 1 amide bonds. The Hall–Kier alpha value is -1.66. The summed E-state index contributed by atoms with van der Waals surface area (Å²) in [5.41, 5.74) is 0. The van der Waals surface area contributed by atoms with Crippen molar-refractivity contribution in [3.63, 3.8) is 0 Å². The van der Waals surface area contributed by atoms with Crippen molar-refractivity contribution in [2.24, 2.45) is 0 Å². The predicted octanol–water partition coefficient (Wildman–Crippen LogP) is 0.947. The van der Waals surface area contributed by atoms with Crippen LogP contribution in [0.3, 0.4) is 0 Å². The zero-order chi connectivity index (χ0) is 17.1. The molecule has 2 atom stereocenters. The average molecular weight is 343 g/mol. The molecule has 0 radical (unpaired) electrons. The molecule has 0 spiro atoms. The van der Waals surface area contributed by atoms with E-state index in [9.17, 15) is 4.79 Å². The highest BCUT2D eigenvalue weighted by Crippen LogP contribution is 2.28. The van der Waals surface area contributed by atoms with Crippen LogP contribution >= 0.6 is 0 Å². The quantitative estimate of drug-likeness (QED) is 0.882.